The maximum absolute atomic E-state index is 5.41. The molecule has 256 valence electrons. The summed E-state index contributed by atoms with van der Waals surface area (Å²) in [4.78, 5) is 10.7. The molecular weight excluding hydrogens is 665 g/mol. The van der Waals surface area contributed by atoms with E-state index in [-0.39, 0.29) is 0 Å². The lowest BCUT2D eigenvalue weighted by Crippen LogP contribution is -2.29. The van der Waals surface area contributed by atoms with Crippen LogP contribution < -0.4 is 0 Å². The van der Waals surface area contributed by atoms with Crippen molar-refractivity contribution in [2.45, 2.75) is 5.41 Å². The molecule has 0 aliphatic heterocycles. The zero-order valence-corrected chi connectivity index (χ0v) is 30.0. The predicted octanol–water partition coefficient (Wildman–Crippen LogP) is 13.2. The first kappa shape index (κ1) is 31.4. The van der Waals surface area contributed by atoms with E-state index in [2.05, 4.69) is 200 Å². The lowest BCUT2D eigenvalue weighted by molar-refractivity contribution is 0.775. The van der Waals surface area contributed by atoms with E-state index in [1.807, 2.05) is 6.07 Å². The fraction of sp³-hybridized carbons (Fsp3) is 0.0189. The molecule has 2 aliphatic carbocycles. The first-order chi connectivity index (χ1) is 27.3. The van der Waals surface area contributed by atoms with E-state index in [4.69, 9.17) is 9.97 Å². The van der Waals surface area contributed by atoms with Gasteiger partial charge in [0.05, 0.1) is 16.8 Å². The van der Waals surface area contributed by atoms with E-state index in [0.29, 0.717) is 5.82 Å². The largest absolute Gasteiger partial charge is 0.228 e. The van der Waals surface area contributed by atoms with E-state index in [1.165, 1.54) is 55.6 Å². The summed E-state index contributed by atoms with van der Waals surface area (Å²) < 4.78 is 0. The van der Waals surface area contributed by atoms with Crippen molar-refractivity contribution in [3.8, 4) is 78.4 Å². The van der Waals surface area contributed by atoms with Crippen LogP contribution >= 0.6 is 0 Å². The van der Waals surface area contributed by atoms with E-state index in [0.717, 1.165) is 39.2 Å². The van der Waals surface area contributed by atoms with Gasteiger partial charge in [-0.3, -0.25) is 0 Å². The van der Waals surface area contributed by atoms with Gasteiger partial charge in [-0.25, -0.2) is 9.97 Å². The summed E-state index contributed by atoms with van der Waals surface area (Å²) in [6.07, 6.45) is 0. The van der Waals surface area contributed by atoms with Crippen LogP contribution in [0.1, 0.15) is 22.3 Å². The van der Waals surface area contributed by atoms with Crippen LogP contribution in [0.15, 0.2) is 206 Å². The number of hydrogen-bond donors (Lipinski definition) is 0. The monoisotopic (exact) mass is 698 g/mol. The maximum Gasteiger partial charge on any atom is 0.160 e. The van der Waals surface area contributed by atoms with Gasteiger partial charge in [-0.1, -0.05) is 200 Å². The fourth-order valence-corrected chi connectivity index (χ4v) is 9.33. The average Bonchev–Trinajstić information content (AvgIpc) is 3.52. The molecule has 0 saturated carbocycles. The van der Waals surface area contributed by atoms with E-state index in [9.17, 15) is 0 Å². The van der Waals surface area contributed by atoms with Crippen molar-refractivity contribution in [1.82, 2.24) is 9.97 Å². The normalized spacial score (nSPS) is 12.9. The molecule has 8 aromatic carbocycles. The third kappa shape index (κ3) is 4.68. The van der Waals surface area contributed by atoms with E-state index >= 15 is 0 Å². The molecule has 0 saturated heterocycles. The third-order valence-corrected chi connectivity index (χ3v) is 11.6. The van der Waals surface area contributed by atoms with Crippen LogP contribution in [0.3, 0.4) is 0 Å². The molecule has 2 aliphatic rings. The smallest absolute Gasteiger partial charge is 0.160 e. The molecule has 11 rings (SSSR count). The molecule has 1 heterocycles. The van der Waals surface area contributed by atoms with Crippen molar-refractivity contribution in [3.05, 3.63) is 229 Å². The highest BCUT2D eigenvalue weighted by atomic mass is 14.9. The van der Waals surface area contributed by atoms with Crippen molar-refractivity contribution in [3.63, 3.8) is 0 Å². The molecule has 1 aromatic heterocycles. The Labute approximate surface area is 321 Å². The van der Waals surface area contributed by atoms with Gasteiger partial charge in [0.25, 0.3) is 0 Å². The summed E-state index contributed by atoms with van der Waals surface area (Å²) in [7, 11) is 0. The minimum absolute atomic E-state index is 0.563. The van der Waals surface area contributed by atoms with Crippen LogP contribution in [0, 0.1) is 0 Å². The minimum atomic E-state index is -0.563. The van der Waals surface area contributed by atoms with Crippen LogP contribution in [-0.2, 0) is 5.41 Å². The number of hydrogen-bond acceptors (Lipinski definition) is 2. The summed E-state index contributed by atoms with van der Waals surface area (Å²) in [5.41, 5.74) is 19.3. The zero-order valence-electron chi connectivity index (χ0n) is 30.0. The van der Waals surface area contributed by atoms with Crippen molar-refractivity contribution in [2.75, 3.05) is 0 Å². The Bertz CT molecular complexity index is 2860. The number of rotatable bonds is 4. The zero-order chi connectivity index (χ0) is 36.3. The standard InChI is InChI=1S/C53H34N2/c1-3-18-35(19-4-1)37-22-7-10-27-42(37)49-34-50(55-52(54-49)36-20-5-2-6-21-36)44-29-17-33-48-51(44)43-28-13-16-32-47(43)53(48)45-30-14-11-25-40(45)38-23-8-9-24-39(38)41-26-12-15-31-46(41)53/h1-34H. The highest BCUT2D eigenvalue weighted by molar-refractivity contribution is 6.00. The van der Waals surface area contributed by atoms with E-state index in [1.54, 1.807) is 0 Å². The molecule has 2 nitrogen and oxygen atoms in total. The van der Waals surface area contributed by atoms with Crippen molar-refractivity contribution in [2.24, 2.45) is 0 Å². The fourth-order valence-electron chi connectivity index (χ4n) is 9.33. The van der Waals surface area contributed by atoms with Gasteiger partial charge >= 0.3 is 0 Å². The first-order valence-electron chi connectivity index (χ1n) is 18.9. The van der Waals surface area contributed by atoms with Crippen molar-refractivity contribution >= 4 is 0 Å². The average molecular weight is 699 g/mol. The van der Waals surface area contributed by atoms with Crippen LogP contribution in [-0.4, -0.2) is 9.97 Å². The first-order valence-corrected chi connectivity index (χ1v) is 18.9. The van der Waals surface area contributed by atoms with Gasteiger partial charge in [0.1, 0.15) is 0 Å². The minimum Gasteiger partial charge on any atom is -0.228 e. The lowest BCUT2D eigenvalue weighted by atomic mass is 9.66. The van der Waals surface area contributed by atoms with Gasteiger partial charge in [-0.15, -0.1) is 0 Å². The van der Waals surface area contributed by atoms with Gasteiger partial charge in [0, 0.05) is 16.7 Å². The van der Waals surface area contributed by atoms with Gasteiger partial charge in [0.15, 0.2) is 5.82 Å². The molecule has 9 aromatic rings. The van der Waals surface area contributed by atoms with E-state index < -0.39 is 5.41 Å². The predicted molar refractivity (Wildman–Crippen MR) is 226 cm³/mol. The van der Waals surface area contributed by atoms with Crippen LogP contribution in [0.4, 0.5) is 0 Å². The second-order valence-electron chi connectivity index (χ2n) is 14.4. The van der Waals surface area contributed by atoms with Gasteiger partial charge < -0.3 is 0 Å². The second kappa shape index (κ2) is 12.5. The number of benzene rings is 8. The molecule has 0 fully saturated rings. The second-order valence-corrected chi connectivity index (χ2v) is 14.4. The Hall–Kier alpha value is -7.16. The molecule has 0 unspecified atom stereocenters. The molecule has 0 amide bonds. The van der Waals surface area contributed by atoms with Crippen LogP contribution in [0.25, 0.3) is 78.4 Å². The summed E-state index contributed by atoms with van der Waals surface area (Å²) in [6, 6.07) is 74.5. The molecule has 2 heteroatoms. The highest BCUT2D eigenvalue weighted by Crippen LogP contribution is 2.62. The molecule has 0 atom stereocenters. The lowest BCUT2D eigenvalue weighted by Gasteiger charge is -2.35. The Morgan fingerprint density at radius 3 is 1.27 bits per heavy atom. The Balaban J connectivity index is 1.23. The molecule has 0 N–H and O–H groups in total. The summed E-state index contributed by atoms with van der Waals surface area (Å²) in [5, 5.41) is 0. The maximum atomic E-state index is 5.41. The highest BCUT2D eigenvalue weighted by Gasteiger charge is 2.50. The number of nitrogens with zero attached hydrogens (tertiary/aromatic N) is 2. The summed E-state index contributed by atoms with van der Waals surface area (Å²) >= 11 is 0. The molecule has 0 radical (unpaired) electrons. The topological polar surface area (TPSA) is 25.8 Å². The summed E-state index contributed by atoms with van der Waals surface area (Å²) in [5.74, 6) is 0.704. The van der Waals surface area contributed by atoms with Gasteiger partial charge in [0.2, 0.25) is 0 Å². The Morgan fingerprint density at radius 1 is 0.273 bits per heavy atom. The summed E-state index contributed by atoms with van der Waals surface area (Å²) in [6.45, 7) is 0. The Morgan fingerprint density at radius 2 is 0.673 bits per heavy atom. The molecule has 1 spiro atoms. The van der Waals surface area contributed by atoms with Crippen molar-refractivity contribution in [1.29, 1.82) is 0 Å². The van der Waals surface area contributed by atoms with Gasteiger partial charge in [-0.05, 0) is 72.8 Å². The van der Waals surface area contributed by atoms with Crippen LogP contribution in [0.5, 0.6) is 0 Å². The quantitative estimate of drug-likeness (QED) is 0.183. The number of aromatic nitrogens is 2. The SMILES string of the molecule is c1ccc(-c2nc(-c3ccccc3-c3ccccc3)cc(-c3cccc4c3-c3ccccc3C43c4ccccc4-c4ccccc4-c4ccccc43)n2)cc1. The third-order valence-electron chi connectivity index (χ3n) is 11.6. The van der Waals surface area contributed by atoms with Gasteiger partial charge in [-0.2, -0.15) is 0 Å². The molecule has 0 bridgehead atoms. The Kier molecular flexibility index (Phi) is 7.11. The van der Waals surface area contributed by atoms with Crippen molar-refractivity contribution < 1.29 is 0 Å². The van der Waals surface area contributed by atoms with Crippen LogP contribution in [0.2, 0.25) is 0 Å². The molecular formula is C53H34N2. The molecule has 55 heavy (non-hydrogen) atoms. The number of fused-ring (bicyclic) bond motifs is 12.